The zero-order valence-electron chi connectivity index (χ0n) is 9.70. The maximum absolute atomic E-state index is 11.5. The van der Waals surface area contributed by atoms with Gasteiger partial charge in [0.2, 0.25) is 17.7 Å². The third-order valence-corrected chi connectivity index (χ3v) is 2.64. The van der Waals surface area contributed by atoms with E-state index in [0.717, 1.165) is 6.42 Å². The second-order valence-electron chi connectivity index (χ2n) is 4.11. The summed E-state index contributed by atoms with van der Waals surface area (Å²) in [7, 11) is 0. The van der Waals surface area contributed by atoms with Crippen molar-refractivity contribution in [3.05, 3.63) is 0 Å². The van der Waals surface area contributed by atoms with Gasteiger partial charge in [0, 0.05) is 19.4 Å². The van der Waals surface area contributed by atoms with Crippen LogP contribution < -0.4 is 10.6 Å². The first kappa shape index (κ1) is 13.6. The van der Waals surface area contributed by atoms with Crippen molar-refractivity contribution in [3.63, 3.8) is 0 Å². The quantitative estimate of drug-likeness (QED) is 0.430. The van der Waals surface area contributed by atoms with Crippen molar-refractivity contribution >= 4 is 17.7 Å². The summed E-state index contributed by atoms with van der Waals surface area (Å²) >= 11 is 0. The number of amides is 3. The molecule has 0 saturated carbocycles. The van der Waals surface area contributed by atoms with E-state index < -0.39 is 11.9 Å². The van der Waals surface area contributed by atoms with Crippen LogP contribution in [0.1, 0.15) is 38.5 Å². The molecule has 0 radical (unpaired) electrons. The maximum atomic E-state index is 11.5. The summed E-state index contributed by atoms with van der Waals surface area (Å²) in [6.07, 6.45) is 3.15. The first-order valence-corrected chi connectivity index (χ1v) is 5.87. The molecule has 1 aliphatic rings. The maximum Gasteiger partial charge on any atom is 0.249 e. The lowest BCUT2D eigenvalue weighted by molar-refractivity contribution is -0.137. The molecule has 1 saturated heterocycles. The monoisotopic (exact) mass is 242 g/mol. The molecule has 0 aliphatic carbocycles. The topological polar surface area (TPSA) is 95.5 Å². The Kier molecular flexibility index (Phi) is 5.62. The Labute approximate surface area is 99.8 Å². The molecule has 1 atom stereocenters. The molecule has 0 aromatic rings. The SMILES string of the molecule is O=C1CCC(NC(=O)CCCCCO)C(=O)N1. The number of carbonyl (C=O) groups is 3. The molecular formula is C11H18N2O4. The summed E-state index contributed by atoms with van der Waals surface area (Å²) in [6.45, 7) is 0.134. The number of piperidine rings is 1. The highest BCUT2D eigenvalue weighted by Gasteiger charge is 2.27. The van der Waals surface area contributed by atoms with Crippen LogP contribution in [0.2, 0.25) is 0 Å². The molecule has 1 fully saturated rings. The van der Waals surface area contributed by atoms with Crippen LogP contribution >= 0.6 is 0 Å². The van der Waals surface area contributed by atoms with Crippen molar-refractivity contribution in [3.8, 4) is 0 Å². The fraction of sp³-hybridized carbons (Fsp3) is 0.727. The lowest BCUT2D eigenvalue weighted by Gasteiger charge is -2.21. The number of imide groups is 1. The van der Waals surface area contributed by atoms with Crippen molar-refractivity contribution in [2.45, 2.75) is 44.6 Å². The summed E-state index contributed by atoms with van der Waals surface area (Å²) < 4.78 is 0. The Morgan fingerprint density at radius 1 is 1.35 bits per heavy atom. The highest BCUT2D eigenvalue weighted by atomic mass is 16.3. The second kappa shape index (κ2) is 7.01. The van der Waals surface area contributed by atoms with Crippen LogP contribution in [0.3, 0.4) is 0 Å². The van der Waals surface area contributed by atoms with Crippen LogP contribution in [0.25, 0.3) is 0 Å². The number of carbonyl (C=O) groups excluding carboxylic acids is 3. The van der Waals surface area contributed by atoms with Crippen molar-refractivity contribution in [1.29, 1.82) is 0 Å². The van der Waals surface area contributed by atoms with E-state index in [4.69, 9.17) is 5.11 Å². The molecule has 0 spiro atoms. The summed E-state index contributed by atoms with van der Waals surface area (Å²) in [5, 5.41) is 13.4. The van der Waals surface area contributed by atoms with Crippen LogP contribution in [0, 0.1) is 0 Å². The van der Waals surface area contributed by atoms with E-state index in [1.807, 2.05) is 0 Å². The highest BCUT2D eigenvalue weighted by Crippen LogP contribution is 2.05. The fourth-order valence-electron chi connectivity index (χ4n) is 1.67. The number of aliphatic hydroxyl groups is 1. The van der Waals surface area contributed by atoms with Crippen LogP contribution in [-0.4, -0.2) is 35.5 Å². The summed E-state index contributed by atoms with van der Waals surface area (Å²) in [6, 6.07) is -0.585. The van der Waals surface area contributed by atoms with E-state index in [1.54, 1.807) is 0 Å². The molecule has 0 bridgehead atoms. The van der Waals surface area contributed by atoms with Gasteiger partial charge in [-0.05, 0) is 19.3 Å². The van der Waals surface area contributed by atoms with Crippen molar-refractivity contribution in [2.75, 3.05) is 6.61 Å². The standard InChI is InChI=1S/C11H18N2O4/c14-7-3-1-2-4-9(15)12-8-5-6-10(16)13-11(8)17/h8,14H,1-7H2,(H,12,15)(H,13,16,17). The molecule has 0 aromatic heterocycles. The van der Waals surface area contributed by atoms with Gasteiger partial charge in [0.05, 0.1) is 0 Å². The van der Waals surface area contributed by atoms with E-state index in [-0.39, 0.29) is 24.8 Å². The molecule has 6 nitrogen and oxygen atoms in total. The van der Waals surface area contributed by atoms with E-state index in [2.05, 4.69) is 10.6 Å². The van der Waals surface area contributed by atoms with Gasteiger partial charge in [-0.15, -0.1) is 0 Å². The molecule has 1 heterocycles. The zero-order chi connectivity index (χ0) is 12.7. The number of hydrogen-bond donors (Lipinski definition) is 3. The second-order valence-corrected chi connectivity index (χ2v) is 4.11. The summed E-state index contributed by atoms with van der Waals surface area (Å²) in [4.78, 5) is 33.7. The number of nitrogens with one attached hydrogen (secondary N) is 2. The lowest BCUT2D eigenvalue weighted by Crippen LogP contribution is -2.52. The largest absolute Gasteiger partial charge is 0.396 e. The van der Waals surface area contributed by atoms with Crippen LogP contribution in [0.5, 0.6) is 0 Å². The Balaban J connectivity index is 2.21. The van der Waals surface area contributed by atoms with Crippen molar-refractivity contribution < 1.29 is 19.5 Å². The molecule has 1 unspecified atom stereocenters. The molecular weight excluding hydrogens is 224 g/mol. The molecule has 3 amide bonds. The Bertz CT molecular complexity index is 304. The average molecular weight is 242 g/mol. The Morgan fingerprint density at radius 3 is 2.76 bits per heavy atom. The van der Waals surface area contributed by atoms with Gasteiger partial charge in [0.1, 0.15) is 6.04 Å². The van der Waals surface area contributed by atoms with E-state index in [9.17, 15) is 14.4 Å². The minimum atomic E-state index is -0.585. The molecule has 17 heavy (non-hydrogen) atoms. The van der Waals surface area contributed by atoms with Crippen molar-refractivity contribution in [1.82, 2.24) is 10.6 Å². The minimum Gasteiger partial charge on any atom is -0.396 e. The van der Waals surface area contributed by atoms with E-state index in [0.29, 0.717) is 25.7 Å². The van der Waals surface area contributed by atoms with Gasteiger partial charge in [-0.2, -0.15) is 0 Å². The van der Waals surface area contributed by atoms with Crippen molar-refractivity contribution in [2.24, 2.45) is 0 Å². The molecule has 0 aromatic carbocycles. The first-order chi connectivity index (χ1) is 8.13. The van der Waals surface area contributed by atoms with Crippen LogP contribution in [0.4, 0.5) is 0 Å². The molecule has 3 N–H and O–H groups in total. The van der Waals surface area contributed by atoms with Crippen LogP contribution in [-0.2, 0) is 14.4 Å². The summed E-state index contributed by atoms with van der Waals surface area (Å²) in [5.74, 6) is -0.897. The minimum absolute atomic E-state index is 0.134. The van der Waals surface area contributed by atoms with Gasteiger partial charge >= 0.3 is 0 Å². The fourth-order valence-corrected chi connectivity index (χ4v) is 1.67. The van der Waals surface area contributed by atoms with Crippen LogP contribution in [0.15, 0.2) is 0 Å². The number of hydrogen-bond acceptors (Lipinski definition) is 4. The van der Waals surface area contributed by atoms with Gasteiger partial charge in [-0.1, -0.05) is 6.42 Å². The van der Waals surface area contributed by atoms with Gasteiger partial charge in [0.25, 0.3) is 0 Å². The molecule has 96 valence electrons. The first-order valence-electron chi connectivity index (χ1n) is 5.87. The van der Waals surface area contributed by atoms with Gasteiger partial charge in [-0.3, -0.25) is 19.7 Å². The van der Waals surface area contributed by atoms with E-state index in [1.165, 1.54) is 0 Å². The number of aliphatic hydroxyl groups excluding tert-OH is 1. The number of unbranched alkanes of at least 4 members (excludes halogenated alkanes) is 2. The third-order valence-electron chi connectivity index (χ3n) is 2.64. The predicted molar refractivity (Wildman–Crippen MR) is 59.9 cm³/mol. The normalized spacial score (nSPS) is 19.9. The lowest BCUT2D eigenvalue weighted by atomic mass is 10.1. The molecule has 1 aliphatic heterocycles. The third kappa shape index (κ3) is 4.95. The Morgan fingerprint density at radius 2 is 2.12 bits per heavy atom. The Hall–Kier alpha value is -1.43. The van der Waals surface area contributed by atoms with Gasteiger partial charge in [-0.25, -0.2) is 0 Å². The number of rotatable bonds is 6. The van der Waals surface area contributed by atoms with Gasteiger partial charge < -0.3 is 10.4 Å². The average Bonchev–Trinajstić information content (AvgIpc) is 2.28. The smallest absolute Gasteiger partial charge is 0.249 e. The van der Waals surface area contributed by atoms with E-state index >= 15 is 0 Å². The van der Waals surface area contributed by atoms with Gasteiger partial charge in [0.15, 0.2) is 0 Å². The molecule has 1 rings (SSSR count). The predicted octanol–water partition coefficient (Wildman–Crippen LogP) is -0.539. The summed E-state index contributed by atoms with van der Waals surface area (Å²) in [5.41, 5.74) is 0. The highest BCUT2D eigenvalue weighted by molar-refractivity contribution is 6.01. The zero-order valence-corrected chi connectivity index (χ0v) is 9.70. The molecule has 6 heteroatoms.